The van der Waals surface area contributed by atoms with Crippen LogP contribution < -0.4 is 4.90 Å². The zero-order valence-corrected chi connectivity index (χ0v) is 12.7. The molecule has 0 bridgehead atoms. The number of aliphatic hydroxyl groups excluding tert-OH is 1. The van der Waals surface area contributed by atoms with E-state index < -0.39 is 0 Å². The molecule has 0 saturated carbocycles. The molecule has 2 rings (SSSR count). The molecule has 1 aromatic carbocycles. The highest BCUT2D eigenvalue weighted by atomic mass is 19.1. The van der Waals surface area contributed by atoms with Gasteiger partial charge in [0, 0.05) is 19.3 Å². The lowest BCUT2D eigenvalue weighted by molar-refractivity contribution is 0.281. The molecule has 4 heteroatoms. The maximum atomic E-state index is 13.2. The topological polar surface area (TPSA) is 36.4 Å². The van der Waals surface area contributed by atoms with Crippen molar-refractivity contribution in [1.29, 1.82) is 0 Å². The molecule has 1 heterocycles. The molecule has 0 saturated heterocycles. The van der Waals surface area contributed by atoms with Crippen molar-refractivity contribution in [2.24, 2.45) is 0 Å². The van der Waals surface area contributed by atoms with Crippen molar-refractivity contribution < 1.29 is 9.50 Å². The number of pyridine rings is 1. The van der Waals surface area contributed by atoms with Crippen LogP contribution in [0.5, 0.6) is 0 Å². The first-order valence-electron chi connectivity index (χ1n) is 7.07. The third-order valence-corrected chi connectivity index (χ3v) is 3.37. The summed E-state index contributed by atoms with van der Waals surface area (Å²) in [5, 5.41) is 9.38. The Balaban J connectivity index is 2.25. The van der Waals surface area contributed by atoms with Gasteiger partial charge in [0.2, 0.25) is 0 Å². The number of anilines is 1. The summed E-state index contributed by atoms with van der Waals surface area (Å²) in [6, 6.07) is 10.3. The SMILES string of the molecule is CC(C)c1cc(CO)cc(N(C)Cc2cccc(F)c2)n1. The van der Waals surface area contributed by atoms with E-state index in [1.54, 1.807) is 6.07 Å². The molecule has 0 aliphatic rings. The van der Waals surface area contributed by atoms with E-state index in [2.05, 4.69) is 18.8 Å². The summed E-state index contributed by atoms with van der Waals surface area (Å²) in [6.07, 6.45) is 0. The third-order valence-electron chi connectivity index (χ3n) is 3.37. The minimum absolute atomic E-state index is 0.0109. The summed E-state index contributed by atoms with van der Waals surface area (Å²) in [5.41, 5.74) is 2.68. The highest BCUT2D eigenvalue weighted by Crippen LogP contribution is 2.21. The maximum absolute atomic E-state index is 13.2. The summed E-state index contributed by atoms with van der Waals surface area (Å²) in [5.74, 6) is 0.841. The summed E-state index contributed by atoms with van der Waals surface area (Å²) in [6.45, 7) is 4.69. The number of hydrogen-bond acceptors (Lipinski definition) is 3. The quantitative estimate of drug-likeness (QED) is 0.915. The minimum Gasteiger partial charge on any atom is -0.392 e. The standard InChI is InChI=1S/C17H21FN2O/c1-12(2)16-8-14(11-21)9-17(19-16)20(3)10-13-5-4-6-15(18)7-13/h4-9,12,21H,10-11H2,1-3H3. The fourth-order valence-electron chi connectivity index (χ4n) is 2.17. The van der Waals surface area contributed by atoms with Gasteiger partial charge in [-0.3, -0.25) is 0 Å². The van der Waals surface area contributed by atoms with Gasteiger partial charge in [-0.25, -0.2) is 9.37 Å². The first-order valence-corrected chi connectivity index (χ1v) is 7.07. The van der Waals surface area contributed by atoms with E-state index >= 15 is 0 Å². The number of halogens is 1. The number of benzene rings is 1. The van der Waals surface area contributed by atoms with Gasteiger partial charge in [0.1, 0.15) is 11.6 Å². The van der Waals surface area contributed by atoms with Crippen molar-refractivity contribution in [3.05, 3.63) is 59.0 Å². The van der Waals surface area contributed by atoms with Crippen LogP contribution in [0.2, 0.25) is 0 Å². The molecule has 2 aromatic rings. The Morgan fingerprint density at radius 3 is 2.57 bits per heavy atom. The average Bonchev–Trinajstić information content (AvgIpc) is 2.46. The second-order valence-corrected chi connectivity index (χ2v) is 5.56. The molecule has 1 N–H and O–H groups in total. The van der Waals surface area contributed by atoms with Crippen molar-refractivity contribution >= 4 is 5.82 Å². The van der Waals surface area contributed by atoms with Gasteiger partial charge in [-0.05, 0) is 41.3 Å². The van der Waals surface area contributed by atoms with E-state index in [0.717, 1.165) is 22.6 Å². The maximum Gasteiger partial charge on any atom is 0.129 e. The second kappa shape index (κ2) is 6.68. The van der Waals surface area contributed by atoms with Crippen LogP contribution >= 0.6 is 0 Å². The zero-order chi connectivity index (χ0) is 15.4. The first-order chi connectivity index (χ1) is 9.99. The van der Waals surface area contributed by atoms with Crippen molar-refractivity contribution in [3.63, 3.8) is 0 Å². The molecule has 0 atom stereocenters. The zero-order valence-electron chi connectivity index (χ0n) is 12.7. The van der Waals surface area contributed by atoms with Gasteiger partial charge in [-0.2, -0.15) is 0 Å². The lowest BCUT2D eigenvalue weighted by Gasteiger charge is -2.20. The van der Waals surface area contributed by atoms with Gasteiger partial charge in [-0.1, -0.05) is 26.0 Å². The number of nitrogens with zero attached hydrogens (tertiary/aromatic N) is 2. The molecule has 0 unspecified atom stereocenters. The first kappa shape index (κ1) is 15.4. The Labute approximate surface area is 125 Å². The molecule has 0 radical (unpaired) electrons. The van der Waals surface area contributed by atoms with Crippen molar-refractivity contribution in [2.75, 3.05) is 11.9 Å². The Morgan fingerprint density at radius 1 is 1.19 bits per heavy atom. The van der Waals surface area contributed by atoms with E-state index in [-0.39, 0.29) is 18.3 Å². The molecular weight excluding hydrogens is 267 g/mol. The lowest BCUT2D eigenvalue weighted by Crippen LogP contribution is -2.19. The summed E-state index contributed by atoms with van der Waals surface area (Å²) >= 11 is 0. The Bertz CT molecular complexity index is 613. The smallest absolute Gasteiger partial charge is 0.129 e. The molecule has 1 aromatic heterocycles. The second-order valence-electron chi connectivity index (χ2n) is 5.56. The summed E-state index contributed by atoms with van der Waals surface area (Å²) < 4.78 is 13.2. The van der Waals surface area contributed by atoms with Gasteiger partial charge in [0.25, 0.3) is 0 Å². The molecule has 0 aliphatic heterocycles. The number of aromatic nitrogens is 1. The molecule has 0 amide bonds. The van der Waals surface area contributed by atoms with Gasteiger partial charge in [0.15, 0.2) is 0 Å². The predicted octanol–water partition coefficient (Wildman–Crippen LogP) is 3.47. The van der Waals surface area contributed by atoms with Crippen LogP contribution in [0.1, 0.15) is 36.6 Å². The highest BCUT2D eigenvalue weighted by Gasteiger charge is 2.10. The van der Waals surface area contributed by atoms with Crippen molar-refractivity contribution in [3.8, 4) is 0 Å². The molecule has 0 fully saturated rings. The van der Waals surface area contributed by atoms with Gasteiger partial charge in [0.05, 0.1) is 6.61 Å². The molecule has 21 heavy (non-hydrogen) atoms. The van der Waals surface area contributed by atoms with Crippen LogP contribution in [-0.4, -0.2) is 17.1 Å². The van der Waals surface area contributed by atoms with Gasteiger partial charge in [-0.15, -0.1) is 0 Å². The lowest BCUT2D eigenvalue weighted by atomic mass is 10.1. The molecule has 0 spiro atoms. The van der Waals surface area contributed by atoms with Crippen LogP contribution in [0.15, 0.2) is 36.4 Å². The monoisotopic (exact) mass is 288 g/mol. The van der Waals surface area contributed by atoms with E-state index in [9.17, 15) is 9.50 Å². The number of hydrogen-bond donors (Lipinski definition) is 1. The fourth-order valence-corrected chi connectivity index (χ4v) is 2.17. The van der Waals surface area contributed by atoms with Crippen LogP contribution in [0.4, 0.5) is 10.2 Å². The van der Waals surface area contributed by atoms with Crippen LogP contribution in [-0.2, 0) is 13.2 Å². The number of aliphatic hydroxyl groups is 1. The van der Waals surface area contributed by atoms with Crippen molar-refractivity contribution in [2.45, 2.75) is 32.9 Å². The van der Waals surface area contributed by atoms with Crippen LogP contribution in [0.3, 0.4) is 0 Å². The normalized spacial score (nSPS) is 11.0. The van der Waals surface area contributed by atoms with Gasteiger partial charge >= 0.3 is 0 Å². The summed E-state index contributed by atoms with van der Waals surface area (Å²) in [4.78, 5) is 6.58. The van der Waals surface area contributed by atoms with Crippen LogP contribution in [0, 0.1) is 5.82 Å². The molecule has 112 valence electrons. The Kier molecular flexibility index (Phi) is 4.91. The predicted molar refractivity (Wildman–Crippen MR) is 82.8 cm³/mol. The van der Waals surface area contributed by atoms with E-state index in [0.29, 0.717) is 6.54 Å². The molecular formula is C17H21FN2O. The molecule has 3 nitrogen and oxygen atoms in total. The Hall–Kier alpha value is -1.94. The highest BCUT2D eigenvalue weighted by molar-refractivity contribution is 5.43. The summed E-state index contributed by atoms with van der Waals surface area (Å²) in [7, 11) is 1.92. The third kappa shape index (κ3) is 4.02. The van der Waals surface area contributed by atoms with Gasteiger partial charge < -0.3 is 10.0 Å². The van der Waals surface area contributed by atoms with Crippen LogP contribution in [0.25, 0.3) is 0 Å². The van der Waals surface area contributed by atoms with E-state index in [1.807, 2.05) is 30.1 Å². The van der Waals surface area contributed by atoms with Crippen molar-refractivity contribution in [1.82, 2.24) is 4.98 Å². The Morgan fingerprint density at radius 2 is 1.95 bits per heavy atom. The largest absolute Gasteiger partial charge is 0.392 e. The minimum atomic E-state index is -0.235. The van der Waals surface area contributed by atoms with E-state index in [1.165, 1.54) is 12.1 Å². The molecule has 0 aliphatic carbocycles. The number of rotatable bonds is 5. The van der Waals surface area contributed by atoms with E-state index in [4.69, 9.17) is 0 Å². The fraction of sp³-hybridized carbons (Fsp3) is 0.353. The average molecular weight is 288 g/mol.